The van der Waals surface area contributed by atoms with Crippen LogP contribution in [0.15, 0.2) is 66.7 Å². The maximum Gasteiger partial charge on any atom is 0.234 e. The number of hydrogen-bond acceptors (Lipinski definition) is 4. The van der Waals surface area contributed by atoms with Gasteiger partial charge < -0.3 is 14.8 Å². The minimum absolute atomic E-state index is 0.0442. The lowest BCUT2D eigenvalue weighted by atomic mass is 10.1. The zero-order valence-electron chi connectivity index (χ0n) is 15.3. The van der Waals surface area contributed by atoms with Gasteiger partial charge in [0.05, 0.1) is 24.7 Å². The molecule has 27 heavy (non-hydrogen) atoms. The van der Waals surface area contributed by atoms with Crippen LogP contribution in [0.5, 0.6) is 11.5 Å². The zero-order valence-corrected chi connectivity index (χ0v) is 16.1. The molecule has 0 saturated heterocycles. The summed E-state index contributed by atoms with van der Waals surface area (Å²) in [6.07, 6.45) is 0. The van der Waals surface area contributed by atoms with Crippen molar-refractivity contribution in [3.63, 3.8) is 0 Å². The van der Waals surface area contributed by atoms with Crippen molar-refractivity contribution in [1.82, 2.24) is 0 Å². The molecule has 140 valence electrons. The molecule has 4 nitrogen and oxygen atoms in total. The first-order valence-corrected chi connectivity index (χ1v) is 10.1. The average Bonchev–Trinajstić information content (AvgIpc) is 2.69. The molecular formula is C22H23NO3S. The van der Waals surface area contributed by atoms with Crippen LogP contribution in [0.3, 0.4) is 0 Å². The van der Waals surface area contributed by atoms with Gasteiger partial charge in [0.25, 0.3) is 0 Å². The Kier molecular flexibility index (Phi) is 6.99. The van der Waals surface area contributed by atoms with Crippen LogP contribution in [0.25, 0.3) is 10.8 Å². The van der Waals surface area contributed by atoms with E-state index < -0.39 is 0 Å². The highest BCUT2D eigenvalue weighted by Crippen LogP contribution is 2.26. The summed E-state index contributed by atoms with van der Waals surface area (Å²) in [6.45, 7) is 3.04. The fourth-order valence-corrected chi connectivity index (χ4v) is 3.34. The fourth-order valence-electron chi connectivity index (χ4n) is 2.73. The number of ether oxygens (including phenoxy) is 2. The van der Waals surface area contributed by atoms with Gasteiger partial charge >= 0.3 is 0 Å². The average molecular weight is 381 g/mol. The summed E-state index contributed by atoms with van der Waals surface area (Å²) < 4.78 is 11.4. The zero-order chi connectivity index (χ0) is 18.9. The summed E-state index contributed by atoms with van der Waals surface area (Å²) >= 11 is 1.55. The molecule has 0 aromatic heterocycles. The van der Waals surface area contributed by atoms with E-state index in [1.54, 1.807) is 11.8 Å². The molecule has 0 aliphatic rings. The maximum atomic E-state index is 12.1. The van der Waals surface area contributed by atoms with E-state index in [-0.39, 0.29) is 5.91 Å². The van der Waals surface area contributed by atoms with Crippen LogP contribution in [0.2, 0.25) is 0 Å². The normalized spacial score (nSPS) is 10.6. The van der Waals surface area contributed by atoms with Crippen LogP contribution < -0.4 is 14.8 Å². The second-order valence-electron chi connectivity index (χ2n) is 5.86. The number of rotatable bonds is 9. The summed E-state index contributed by atoms with van der Waals surface area (Å²) in [5.41, 5.74) is 0.706. The molecule has 0 aliphatic heterocycles. The van der Waals surface area contributed by atoms with Gasteiger partial charge in [-0.3, -0.25) is 4.79 Å². The molecule has 5 heteroatoms. The first-order chi connectivity index (χ1) is 13.3. The number of nitrogens with one attached hydrogen (secondary N) is 1. The van der Waals surface area contributed by atoms with Crippen molar-refractivity contribution in [3.05, 3.63) is 66.7 Å². The predicted octanol–water partition coefficient (Wildman–Crippen LogP) is 4.99. The molecule has 1 amide bonds. The SMILES string of the molecule is CCOc1ccccc1NC(=O)CSCCOc1cccc2ccccc12. The molecule has 0 fully saturated rings. The first-order valence-electron chi connectivity index (χ1n) is 8.98. The lowest BCUT2D eigenvalue weighted by molar-refractivity contribution is -0.113. The van der Waals surface area contributed by atoms with Gasteiger partial charge in [0, 0.05) is 11.1 Å². The summed E-state index contributed by atoms with van der Waals surface area (Å²) in [5.74, 6) is 2.64. The number of carbonyl (C=O) groups excluding carboxylic acids is 1. The Bertz CT molecular complexity index is 892. The van der Waals surface area contributed by atoms with Crippen LogP contribution in [0, 0.1) is 0 Å². The van der Waals surface area contributed by atoms with Crippen molar-refractivity contribution in [3.8, 4) is 11.5 Å². The highest BCUT2D eigenvalue weighted by Gasteiger charge is 2.07. The molecule has 0 spiro atoms. The van der Waals surface area contributed by atoms with Gasteiger partial charge in [-0.1, -0.05) is 48.5 Å². The standard InChI is InChI=1S/C22H23NO3S/c1-2-25-21-12-6-5-11-19(21)23-22(24)16-27-15-14-26-20-13-7-9-17-8-3-4-10-18(17)20/h3-13H,2,14-16H2,1H3,(H,23,24). The topological polar surface area (TPSA) is 47.6 Å². The van der Waals surface area contributed by atoms with Crippen LogP contribution in [-0.2, 0) is 4.79 Å². The van der Waals surface area contributed by atoms with Gasteiger partial charge in [0.15, 0.2) is 0 Å². The summed E-state index contributed by atoms with van der Waals surface area (Å²) in [4.78, 5) is 12.1. The summed E-state index contributed by atoms with van der Waals surface area (Å²) in [6, 6.07) is 21.7. The van der Waals surface area contributed by atoms with Gasteiger partial charge in [-0.05, 0) is 30.5 Å². The van der Waals surface area contributed by atoms with E-state index in [0.717, 1.165) is 22.3 Å². The van der Waals surface area contributed by atoms with E-state index >= 15 is 0 Å². The van der Waals surface area contributed by atoms with Crippen molar-refractivity contribution < 1.29 is 14.3 Å². The number of thioether (sulfide) groups is 1. The van der Waals surface area contributed by atoms with Crippen LogP contribution >= 0.6 is 11.8 Å². The molecule has 1 N–H and O–H groups in total. The van der Waals surface area contributed by atoms with Crippen LogP contribution in [0.4, 0.5) is 5.69 Å². The number of amides is 1. The van der Waals surface area contributed by atoms with Crippen LogP contribution in [0.1, 0.15) is 6.92 Å². The Balaban J connectivity index is 1.43. The van der Waals surface area contributed by atoms with E-state index in [0.29, 0.717) is 30.4 Å². The van der Waals surface area contributed by atoms with Gasteiger partial charge in [-0.15, -0.1) is 11.8 Å². The van der Waals surface area contributed by atoms with Gasteiger partial charge in [0.2, 0.25) is 5.91 Å². The van der Waals surface area contributed by atoms with Gasteiger partial charge in [-0.2, -0.15) is 0 Å². The van der Waals surface area contributed by atoms with Crippen molar-refractivity contribution >= 4 is 34.1 Å². The molecule has 0 bridgehead atoms. The van der Waals surface area contributed by atoms with Crippen molar-refractivity contribution in [2.75, 3.05) is 30.0 Å². The molecule has 0 heterocycles. The number of anilines is 1. The van der Waals surface area contributed by atoms with E-state index in [1.165, 1.54) is 0 Å². The minimum Gasteiger partial charge on any atom is -0.492 e. The largest absolute Gasteiger partial charge is 0.492 e. The van der Waals surface area contributed by atoms with Crippen molar-refractivity contribution in [2.24, 2.45) is 0 Å². The third-order valence-corrected chi connectivity index (χ3v) is 4.85. The Morgan fingerprint density at radius 2 is 1.67 bits per heavy atom. The molecule has 0 atom stereocenters. The van der Waals surface area contributed by atoms with Crippen LogP contribution in [-0.4, -0.2) is 30.6 Å². The molecule has 3 aromatic rings. The molecule has 3 aromatic carbocycles. The minimum atomic E-state index is -0.0442. The Morgan fingerprint density at radius 1 is 0.926 bits per heavy atom. The Labute approximate surface area is 163 Å². The molecule has 0 unspecified atom stereocenters. The lowest BCUT2D eigenvalue weighted by Gasteiger charge is -2.11. The van der Waals surface area contributed by atoms with E-state index in [1.807, 2.05) is 55.5 Å². The highest BCUT2D eigenvalue weighted by atomic mass is 32.2. The maximum absolute atomic E-state index is 12.1. The number of benzene rings is 3. The van der Waals surface area contributed by atoms with Crippen molar-refractivity contribution in [1.29, 1.82) is 0 Å². The Morgan fingerprint density at radius 3 is 2.56 bits per heavy atom. The van der Waals surface area contributed by atoms with E-state index in [2.05, 4.69) is 23.5 Å². The second-order valence-corrected chi connectivity index (χ2v) is 6.96. The number of para-hydroxylation sites is 2. The van der Waals surface area contributed by atoms with E-state index in [4.69, 9.17) is 9.47 Å². The highest BCUT2D eigenvalue weighted by molar-refractivity contribution is 7.99. The summed E-state index contributed by atoms with van der Waals surface area (Å²) in [7, 11) is 0. The van der Waals surface area contributed by atoms with Gasteiger partial charge in [-0.25, -0.2) is 0 Å². The smallest absolute Gasteiger partial charge is 0.234 e. The monoisotopic (exact) mass is 381 g/mol. The Hall–Kier alpha value is -2.66. The molecular weight excluding hydrogens is 358 g/mol. The quantitative estimate of drug-likeness (QED) is 0.531. The third kappa shape index (κ3) is 5.41. The summed E-state index contributed by atoms with van der Waals surface area (Å²) in [5, 5.41) is 5.17. The third-order valence-electron chi connectivity index (χ3n) is 3.93. The molecule has 0 saturated carbocycles. The van der Waals surface area contributed by atoms with Crippen molar-refractivity contribution in [2.45, 2.75) is 6.92 Å². The van der Waals surface area contributed by atoms with Gasteiger partial charge in [0.1, 0.15) is 11.5 Å². The fraction of sp³-hybridized carbons (Fsp3) is 0.227. The molecule has 0 radical (unpaired) electrons. The second kappa shape index (κ2) is 9.88. The predicted molar refractivity (Wildman–Crippen MR) is 113 cm³/mol. The number of hydrogen-bond donors (Lipinski definition) is 1. The lowest BCUT2D eigenvalue weighted by Crippen LogP contribution is -2.16. The first kappa shape index (κ1) is 19.1. The number of carbonyl (C=O) groups is 1. The van der Waals surface area contributed by atoms with E-state index in [9.17, 15) is 4.79 Å². The molecule has 3 rings (SSSR count). The number of fused-ring (bicyclic) bond motifs is 1. The molecule has 0 aliphatic carbocycles.